The van der Waals surface area contributed by atoms with Gasteiger partial charge < -0.3 is 4.74 Å². The number of ether oxygens (including phenoxy) is 1. The number of hydrogen-bond donors (Lipinski definition) is 0. The van der Waals surface area contributed by atoms with Crippen LogP contribution < -0.4 is 0 Å². The van der Waals surface area contributed by atoms with Gasteiger partial charge in [-0.3, -0.25) is 0 Å². The fraction of sp³-hybridized carbons (Fsp3) is 0.643. The Bertz CT molecular complexity index is 287. The molecule has 0 fully saturated rings. The van der Waals surface area contributed by atoms with Crippen molar-refractivity contribution in [3.8, 4) is 0 Å². The zero-order valence-electron chi connectivity index (χ0n) is 10.4. The number of esters is 1. The number of unbranched alkanes of at least 4 members (excludes halogenated alkanes) is 2. The van der Waals surface area contributed by atoms with Crippen LogP contribution in [0.4, 0.5) is 0 Å². The molecule has 0 unspecified atom stereocenters. The molecule has 1 aliphatic heterocycles. The lowest BCUT2D eigenvalue weighted by molar-refractivity contribution is -0.134. The van der Waals surface area contributed by atoms with E-state index in [-0.39, 0.29) is 5.97 Å². The first-order chi connectivity index (χ1) is 7.72. The molecule has 1 heterocycles. The van der Waals surface area contributed by atoms with E-state index in [1.807, 2.05) is 0 Å². The molecule has 90 valence electrons. The van der Waals surface area contributed by atoms with Crippen molar-refractivity contribution in [2.45, 2.75) is 52.4 Å². The van der Waals surface area contributed by atoms with Crippen LogP contribution in [0.1, 0.15) is 52.4 Å². The molecule has 0 spiro atoms. The summed E-state index contributed by atoms with van der Waals surface area (Å²) in [4.78, 5) is 10.8. The molecular weight excluding hydrogens is 200 g/mol. The van der Waals surface area contributed by atoms with Gasteiger partial charge in [0, 0.05) is 6.08 Å². The Morgan fingerprint density at radius 2 is 2.31 bits per heavy atom. The van der Waals surface area contributed by atoms with Crippen molar-refractivity contribution in [1.29, 1.82) is 0 Å². The molecule has 1 rings (SSSR count). The fourth-order valence-corrected chi connectivity index (χ4v) is 1.82. The molecule has 16 heavy (non-hydrogen) atoms. The van der Waals surface area contributed by atoms with E-state index in [1.165, 1.54) is 31.3 Å². The highest BCUT2D eigenvalue weighted by molar-refractivity contribution is 5.85. The largest absolute Gasteiger partial charge is 0.458 e. The van der Waals surface area contributed by atoms with E-state index in [9.17, 15) is 4.79 Å². The molecule has 0 radical (unpaired) electrons. The van der Waals surface area contributed by atoms with Crippen molar-refractivity contribution in [1.82, 2.24) is 0 Å². The van der Waals surface area contributed by atoms with Gasteiger partial charge in [-0.25, -0.2) is 4.79 Å². The maximum Gasteiger partial charge on any atom is 0.331 e. The van der Waals surface area contributed by atoms with Gasteiger partial charge in [0.2, 0.25) is 0 Å². The second-order valence-electron chi connectivity index (χ2n) is 4.46. The van der Waals surface area contributed by atoms with Gasteiger partial charge in [0.1, 0.15) is 6.61 Å². The molecule has 0 saturated heterocycles. The summed E-state index contributed by atoms with van der Waals surface area (Å²) in [6.07, 6.45) is 11.0. The minimum absolute atomic E-state index is 0.182. The van der Waals surface area contributed by atoms with Crippen LogP contribution in [0.25, 0.3) is 0 Å². The van der Waals surface area contributed by atoms with Crippen molar-refractivity contribution in [2.75, 3.05) is 6.61 Å². The number of allylic oxidation sites excluding steroid dienone is 2. The monoisotopic (exact) mass is 222 g/mol. The van der Waals surface area contributed by atoms with Crippen LogP contribution in [0.15, 0.2) is 23.3 Å². The first-order valence-corrected chi connectivity index (χ1v) is 6.24. The van der Waals surface area contributed by atoms with Gasteiger partial charge in [-0.2, -0.15) is 0 Å². The van der Waals surface area contributed by atoms with Crippen LogP contribution in [0, 0.1) is 0 Å². The predicted molar refractivity (Wildman–Crippen MR) is 66.2 cm³/mol. The molecule has 0 saturated carbocycles. The van der Waals surface area contributed by atoms with Crippen LogP contribution in [0.3, 0.4) is 0 Å². The van der Waals surface area contributed by atoms with Crippen molar-refractivity contribution in [3.05, 3.63) is 23.3 Å². The van der Waals surface area contributed by atoms with E-state index in [2.05, 4.69) is 19.9 Å². The first-order valence-electron chi connectivity index (χ1n) is 6.24. The summed E-state index contributed by atoms with van der Waals surface area (Å²) in [5, 5.41) is 0. The topological polar surface area (TPSA) is 26.3 Å². The highest BCUT2D eigenvalue weighted by atomic mass is 16.5. The number of rotatable bonds is 7. The lowest BCUT2D eigenvalue weighted by atomic mass is 10.1. The van der Waals surface area contributed by atoms with Crippen LogP contribution in [0.5, 0.6) is 0 Å². The average Bonchev–Trinajstić information content (AvgIpc) is 2.65. The number of carbonyl (C=O) groups is 1. The van der Waals surface area contributed by atoms with Crippen molar-refractivity contribution in [3.63, 3.8) is 0 Å². The molecule has 0 aromatic rings. The summed E-state index contributed by atoms with van der Waals surface area (Å²) >= 11 is 0. The smallest absolute Gasteiger partial charge is 0.331 e. The molecule has 0 N–H and O–H groups in total. The maximum absolute atomic E-state index is 10.8. The van der Waals surface area contributed by atoms with Crippen LogP contribution in [-0.2, 0) is 9.53 Å². The summed E-state index contributed by atoms with van der Waals surface area (Å²) in [5.74, 6) is -0.182. The summed E-state index contributed by atoms with van der Waals surface area (Å²) in [7, 11) is 0. The summed E-state index contributed by atoms with van der Waals surface area (Å²) < 4.78 is 4.85. The van der Waals surface area contributed by atoms with Crippen molar-refractivity contribution in [2.24, 2.45) is 0 Å². The van der Waals surface area contributed by atoms with Gasteiger partial charge in [-0.15, -0.1) is 0 Å². The van der Waals surface area contributed by atoms with Gasteiger partial charge in [-0.05, 0) is 38.2 Å². The lowest BCUT2D eigenvalue weighted by Crippen LogP contribution is -1.91. The highest BCUT2D eigenvalue weighted by Gasteiger charge is 2.11. The van der Waals surface area contributed by atoms with Gasteiger partial charge >= 0.3 is 5.97 Å². The van der Waals surface area contributed by atoms with E-state index >= 15 is 0 Å². The van der Waals surface area contributed by atoms with Crippen LogP contribution >= 0.6 is 0 Å². The molecular formula is C14H22O2. The third-order valence-corrected chi connectivity index (χ3v) is 2.85. The number of carbonyl (C=O) groups excluding carboxylic acids is 1. The van der Waals surface area contributed by atoms with Gasteiger partial charge in [0.15, 0.2) is 0 Å². The standard InChI is InChI=1S/C14H22O2/c1-3-4-5-7-12(2)8-6-9-13-10-14(15)16-11-13/h8,10H,3-7,9,11H2,1-2H3/b12-8+. The quantitative estimate of drug-likeness (QED) is 0.372. The average molecular weight is 222 g/mol. The number of cyclic esters (lactones) is 1. The van der Waals surface area contributed by atoms with E-state index < -0.39 is 0 Å². The zero-order chi connectivity index (χ0) is 11.8. The molecule has 0 atom stereocenters. The zero-order valence-corrected chi connectivity index (χ0v) is 10.4. The molecule has 2 heteroatoms. The minimum Gasteiger partial charge on any atom is -0.458 e. The molecule has 0 aliphatic carbocycles. The Labute approximate surface area is 98.4 Å². The predicted octanol–water partition coefficient (Wildman–Crippen LogP) is 3.78. The Balaban J connectivity index is 2.15. The highest BCUT2D eigenvalue weighted by Crippen LogP contribution is 2.15. The Morgan fingerprint density at radius 3 is 2.94 bits per heavy atom. The van der Waals surface area contributed by atoms with Crippen molar-refractivity contribution < 1.29 is 9.53 Å². The Hall–Kier alpha value is -1.05. The third-order valence-electron chi connectivity index (χ3n) is 2.85. The van der Waals surface area contributed by atoms with E-state index in [0.717, 1.165) is 18.4 Å². The summed E-state index contributed by atoms with van der Waals surface area (Å²) in [6, 6.07) is 0. The maximum atomic E-state index is 10.8. The SMILES string of the molecule is CCCCC/C(C)=C/CCC1=CC(=O)OC1. The first kappa shape index (κ1) is 13.0. The second kappa shape index (κ2) is 7.26. The Morgan fingerprint density at radius 1 is 1.50 bits per heavy atom. The molecule has 1 aliphatic rings. The number of hydrogen-bond acceptors (Lipinski definition) is 2. The molecule has 0 aromatic heterocycles. The summed E-state index contributed by atoms with van der Waals surface area (Å²) in [5.41, 5.74) is 2.60. The normalized spacial score (nSPS) is 16.2. The second-order valence-corrected chi connectivity index (χ2v) is 4.46. The molecule has 0 amide bonds. The van der Waals surface area contributed by atoms with Gasteiger partial charge in [-0.1, -0.05) is 31.4 Å². The Kier molecular flexibility index (Phi) is 5.91. The molecule has 0 aromatic carbocycles. The van der Waals surface area contributed by atoms with Crippen LogP contribution in [-0.4, -0.2) is 12.6 Å². The van der Waals surface area contributed by atoms with E-state index in [1.54, 1.807) is 6.08 Å². The summed E-state index contributed by atoms with van der Waals surface area (Å²) in [6.45, 7) is 4.92. The van der Waals surface area contributed by atoms with Crippen LogP contribution in [0.2, 0.25) is 0 Å². The third kappa shape index (κ3) is 5.15. The molecule has 0 bridgehead atoms. The van der Waals surface area contributed by atoms with Crippen molar-refractivity contribution >= 4 is 5.97 Å². The van der Waals surface area contributed by atoms with E-state index in [0.29, 0.717) is 6.61 Å². The minimum atomic E-state index is -0.182. The fourth-order valence-electron chi connectivity index (χ4n) is 1.82. The molecule has 2 nitrogen and oxygen atoms in total. The van der Waals surface area contributed by atoms with E-state index in [4.69, 9.17) is 4.74 Å². The van der Waals surface area contributed by atoms with Gasteiger partial charge in [0.05, 0.1) is 0 Å². The van der Waals surface area contributed by atoms with Gasteiger partial charge in [0.25, 0.3) is 0 Å². The lowest BCUT2D eigenvalue weighted by Gasteiger charge is -2.01.